The summed E-state index contributed by atoms with van der Waals surface area (Å²) in [5.74, 6) is 0. The lowest BCUT2D eigenvalue weighted by Gasteiger charge is -2.24. The Kier molecular flexibility index (Phi) is 6.30. The number of fused-ring (bicyclic) bond motifs is 1. The standard InChI is InChI=1S/C20H30N4O3S/c1-4-16(3)21-20(25)23-10-6-11-24(14-13-23)28(26,27)18-7-8-19-17(15-18)9-12-22(19)5-2/h7-9,12,15-16H,4-6,10-11,13-14H2,1-3H3,(H,21,25)/t16-/m1/s1. The number of sulfonamides is 1. The molecule has 1 aliphatic rings. The van der Waals surface area contributed by atoms with E-state index in [0.717, 1.165) is 23.9 Å². The van der Waals surface area contributed by atoms with Gasteiger partial charge in [-0.2, -0.15) is 4.31 Å². The van der Waals surface area contributed by atoms with E-state index in [0.29, 0.717) is 37.5 Å². The molecule has 0 saturated carbocycles. The lowest BCUT2D eigenvalue weighted by molar-refractivity contribution is 0.196. The zero-order valence-corrected chi connectivity index (χ0v) is 17.7. The molecule has 1 saturated heterocycles. The van der Waals surface area contributed by atoms with Crippen molar-refractivity contribution >= 4 is 27.0 Å². The van der Waals surface area contributed by atoms with Crippen molar-refractivity contribution in [2.45, 2.75) is 51.1 Å². The molecule has 1 aromatic carbocycles. The predicted molar refractivity (Wildman–Crippen MR) is 111 cm³/mol. The van der Waals surface area contributed by atoms with Crippen LogP contribution in [0.2, 0.25) is 0 Å². The Labute approximate surface area is 167 Å². The first-order valence-electron chi connectivity index (χ1n) is 10.0. The Morgan fingerprint density at radius 2 is 1.93 bits per heavy atom. The Balaban J connectivity index is 1.74. The quantitative estimate of drug-likeness (QED) is 0.830. The van der Waals surface area contributed by atoms with Crippen molar-refractivity contribution in [1.29, 1.82) is 0 Å². The Morgan fingerprint density at radius 1 is 1.14 bits per heavy atom. The fraction of sp³-hybridized carbons (Fsp3) is 0.550. The highest BCUT2D eigenvalue weighted by atomic mass is 32.2. The molecule has 1 aliphatic heterocycles. The van der Waals surface area contributed by atoms with Crippen molar-refractivity contribution in [3.8, 4) is 0 Å². The Morgan fingerprint density at radius 3 is 2.64 bits per heavy atom. The molecule has 8 heteroatoms. The summed E-state index contributed by atoms with van der Waals surface area (Å²) in [6.45, 7) is 8.58. The third kappa shape index (κ3) is 4.17. The summed E-state index contributed by atoms with van der Waals surface area (Å²) in [5, 5.41) is 3.88. The summed E-state index contributed by atoms with van der Waals surface area (Å²) in [5.41, 5.74) is 1.03. The zero-order chi connectivity index (χ0) is 20.3. The molecule has 3 rings (SSSR count). The van der Waals surface area contributed by atoms with Crippen LogP contribution < -0.4 is 5.32 Å². The number of hydrogen-bond acceptors (Lipinski definition) is 3. The summed E-state index contributed by atoms with van der Waals surface area (Å²) >= 11 is 0. The summed E-state index contributed by atoms with van der Waals surface area (Å²) < 4.78 is 29.9. The topological polar surface area (TPSA) is 74.7 Å². The molecule has 1 atom stereocenters. The van der Waals surface area contributed by atoms with Gasteiger partial charge in [-0.25, -0.2) is 13.2 Å². The molecule has 2 heterocycles. The third-order valence-corrected chi connectivity index (χ3v) is 7.34. The molecule has 2 aromatic rings. The van der Waals surface area contributed by atoms with Crippen molar-refractivity contribution in [2.75, 3.05) is 26.2 Å². The molecule has 0 spiro atoms. The van der Waals surface area contributed by atoms with Crippen LogP contribution in [0.5, 0.6) is 0 Å². The van der Waals surface area contributed by atoms with E-state index in [1.54, 1.807) is 17.0 Å². The zero-order valence-electron chi connectivity index (χ0n) is 16.9. The van der Waals surface area contributed by atoms with E-state index >= 15 is 0 Å². The Bertz CT molecular complexity index is 938. The van der Waals surface area contributed by atoms with Crippen LogP contribution >= 0.6 is 0 Å². The first kappa shape index (κ1) is 20.7. The fourth-order valence-electron chi connectivity index (χ4n) is 3.50. The maximum Gasteiger partial charge on any atom is 0.317 e. The van der Waals surface area contributed by atoms with Crippen LogP contribution in [0.15, 0.2) is 35.4 Å². The van der Waals surface area contributed by atoms with Gasteiger partial charge in [-0.05, 0) is 51.0 Å². The van der Waals surface area contributed by atoms with Gasteiger partial charge in [0, 0.05) is 55.9 Å². The largest absolute Gasteiger partial charge is 0.348 e. The van der Waals surface area contributed by atoms with Crippen LogP contribution in [-0.4, -0.2) is 60.4 Å². The van der Waals surface area contributed by atoms with E-state index in [4.69, 9.17) is 0 Å². The van der Waals surface area contributed by atoms with E-state index in [9.17, 15) is 13.2 Å². The first-order chi connectivity index (χ1) is 13.4. The predicted octanol–water partition coefficient (Wildman–Crippen LogP) is 2.87. The molecule has 7 nitrogen and oxygen atoms in total. The number of aryl methyl sites for hydroxylation is 1. The van der Waals surface area contributed by atoms with Crippen LogP contribution in [-0.2, 0) is 16.6 Å². The number of urea groups is 1. The van der Waals surface area contributed by atoms with Gasteiger partial charge >= 0.3 is 6.03 Å². The fourth-order valence-corrected chi connectivity index (χ4v) is 5.01. The monoisotopic (exact) mass is 406 g/mol. The Hall–Kier alpha value is -2.06. The number of rotatable bonds is 5. The van der Waals surface area contributed by atoms with E-state index < -0.39 is 10.0 Å². The average Bonchev–Trinajstić information content (AvgIpc) is 2.92. The molecule has 0 unspecified atom stereocenters. The van der Waals surface area contributed by atoms with E-state index in [-0.39, 0.29) is 12.1 Å². The maximum absolute atomic E-state index is 13.2. The minimum absolute atomic E-state index is 0.109. The number of nitrogens with one attached hydrogen (secondary N) is 1. The number of benzene rings is 1. The maximum atomic E-state index is 13.2. The summed E-state index contributed by atoms with van der Waals surface area (Å²) in [6.07, 6.45) is 3.46. The summed E-state index contributed by atoms with van der Waals surface area (Å²) in [7, 11) is -3.59. The molecular weight excluding hydrogens is 376 g/mol. The molecule has 2 amide bonds. The molecule has 1 fully saturated rings. The molecular formula is C20H30N4O3S. The van der Waals surface area contributed by atoms with Gasteiger partial charge in [0.25, 0.3) is 0 Å². The van der Waals surface area contributed by atoms with Gasteiger partial charge in [0.2, 0.25) is 10.0 Å². The number of carbonyl (C=O) groups excluding carboxylic acids is 1. The van der Waals surface area contributed by atoms with Gasteiger partial charge in [-0.15, -0.1) is 0 Å². The van der Waals surface area contributed by atoms with Gasteiger partial charge in [0.05, 0.1) is 4.90 Å². The van der Waals surface area contributed by atoms with Gasteiger partial charge in [0.15, 0.2) is 0 Å². The normalized spacial score (nSPS) is 17.5. The average molecular weight is 407 g/mol. The molecule has 1 N–H and O–H groups in total. The second-order valence-electron chi connectivity index (χ2n) is 7.33. The van der Waals surface area contributed by atoms with E-state index in [1.165, 1.54) is 4.31 Å². The smallest absolute Gasteiger partial charge is 0.317 e. The summed E-state index contributed by atoms with van der Waals surface area (Å²) in [4.78, 5) is 14.4. The molecule has 1 aromatic heterocycles. The van der Waals surface area contributed by atoms with E-state index in [2.05, 4.69) is 16.8 Å². The molecule has 0 radical (unpaired) electrons. The second kappa shape index (κ2) is 8.53. The van der Waals surface area contributed by atoms with E-state index in [1.807, 2.05) is 32.2 Å². The van der Waals surface area contributed by atoms with Crippen molar-refractivity contribution in [3.05, 3.63) is 30.5 Å². The number of carbonyl (C=O) groups is 1. The van der Waals surface area contributed by atoms with Gasteiger partial charge in [-0.1, -0.05) is 6.92 Å². The van der Waals surface area contributed by atoms with Crippen molar-refractivity contribution in [3.63, 3.8) is 0 Å². The van der Waals surface area contributed by atoms with Crippen LogP contribution in [0.3, 0.4) is 0 Å². The first-order valence-corrected chi connectivity index (χ1v) is 11.4. The highest BCUT2D eigenvalue weighted by molar-refractivity contribution is 7.89. The second-order valence-corrected chi connectivity index (χ2v) is 9.26. The highest BCUT2D eigenvalue weighted by Gasteiger charge is 2.28. The van der Waals surface area contributed by atoms with Gasteiger partial charge < -0.3 is 14.8 Å². The lowest BCUT2D eigenvalue weighted by atomic mass is 10.2. The van der Waals surface area contributed by atoms with Crippen molar-refractivity contribution in [1.82, 2.24) is 19.1 Å². The highest BCUT2D eigenvalue weighted by Crippen LogP contribution is 2.24. The molecule has 154 valence electrons. The summed E-state index contributed by atoms with van der Waals surface area (Å²) in [6, 6.07) is 7.24. The van der Waals surface area contributed by atoms with Crippen molar-refractivity contribution in [2.24, 2.45) is 0 Å². The van der Waals surface area contributed by atoms with Crippen LogP contribution in [0.4, 0.5) is 4.79 Å². The van der Waals surface area contributed by atoms with Gasteiger partial charge in [-0.3, -0.25) is 0 Å². The molecule has 0 aliphatic carbocycles. The van der Waals surface area contributed by atoms with Crippen LogP contribution in [0, 0.1) is 0 Å². The molecule has 0 bridgehead atoms. The minimum atomic E-state index is -3.59. The molecule has 28 heavy (non-hydrogen) atoms. The third-order valence-electron chi connectivity index (χ3n) is 5.45. The van der Waals surface area contributed by atoms with Crippen molar-refractivity contribution < 1.29 is 13.2 Å². The number of amides is 2. The number of hydrogen-bond donors (Lipinski definition) is 1. The van der Waals surface area contributed by atoms with Gasteiger partial charge in [0.1, 0.15) is 0 Å². The lowest BCUT2D eigenvalue weighted by Crippen LogP contribution is -2.45. The number of aromatic nitrogens is 1. The van der Waals surface area contributed by atoms with Crippen LogP contribution in [0.1, 0.15) is 33.6 Å². The number of nitrogens with zero attached hydrogens (tertiary/aromatic N) is 3. The van der Waals surface area contributed by atoms with Crippen LogP contribution in [0.25, 0.3) is 10.9 Å². The SMILES string of the molecule is CC[C@@H](C)NC(=O)N1CCCN(S(=O)(=O)c2ccc3c(ccn3CC)c2)CC1. The minimum Gasteiger partial charge on any atom is -0.348 e.